The van der Waals surface area contributed by atoms with Gasteiger partial charge in [0.2, 0.25) is 0 Å². The zero-order valence-electron chi connectivity index (χ0n) is 8.43. The predicted octanol–water partition coefficient (Wildman–Crippen LogP) is 3.29. The average molecular weight is 232 g/mol. The highest BCUT2D eigenvalue weighted by molar-refractivity contribution is 7.07. The number of aromatic nitrogens is 2. The van der Waals surface area contributed by atoms with E-state index in [9.17, 15) is 4.39 Å². The molecule has 0 atom stereocenters. The molecule has 0 spiro atoms. The second-order valence-electron chi connectivity index (χ2n) is 3.60. The first-order valence-corrected chi connectivity index (χ1v) is 5.89. The van der Waals surface area contributed by atoms with E-state index in [2.05, 4.69) is 4.98 Å². The second kappa shape index (κ2) is 3.72. The fourth-order valence-electron chi connectivity index (χ4n) is 1.81. The van der Waals surface area contributed by atoms with Crippen molar-refractivity contribution in [3.63, 3.8) is 0 Å². The fourth-order valence-corrected chi connectivity index (χ4v) is 2.36. The molecule has 2 nitrogen and oxygen atoms in total. The summed E-state index contributed by atoms with van der Waals surface area (Å²) >= 11 is 1.57. The largest absolute Gasteiger partial charge is 0.341 e. The van der Waals surface area contributed by atoms with Gasteiger partial charge in [0, 0.05) is 17.0 Å². The van der Waals surface area contributed by atoms with Gasteiger partial charge in [0.1, 0.15) is 5.82 Å². The quantitative estimate of drug-likeness (QED) is 0.663. The first kappa shape index (κ1) is 9.54. The first-order chi connectivity index (χ1) is 7.84. The van der Waals surface area contributed by atoms with Crippen LogP contribution in [0, 0.1) is 5.82 Å². The van der Waals surface area contributed by atoms with Crippen LogP contribution in [0.5, 0.6) is 0 Å². The molecule has 3 aromatic rings. The van der Waals surface area contributed by atoms with Crippen LogP contribution in [0.25, 0.3) is 10.9 Å². The first-order valence-electron chi connectivity index (χ1n) is 4.95. The number of hydrogen-bond donors (Lipinski definition) is 0. The topological polar surface area (TPSA) is 17.8 Å². The highest BCUT2D eigenvalue weighted by Crippen LogP contribution is 2.19. The Balaban J connectivity index is 2.08. The monoisotopic (exact) mass is 232 g/mol. The number of rotatable bonds is 2. The molecule has 2 aromatic heterocycles. The minimum atomic E-state index is -0.172. The summed E-state index contributed by atoms with van der Waals surface area (Å²) in [6, 6.07) is 6.94. The van der Waals surface area contributed by atoms with Crippen LogP contribution in [0.4, 0.5) is 4.39 Å². The van der Waals surface area contributed by atoms with E-state index in [0.29, 0.717) is 11.9 Å². The summed E-state index contributed by atoms with van der Waals surface area (Å²) in [5.74, 6) is -0.172. The van der Waals surface area contributed by atoms with Crippen LogP contribution in [0.2, 0.25) is 0 Å². The number of thiazole rings is 1. The maximum Gasteiger partial charge on any atom is 0.132 e. The molecule has 0 saturated heterocycles. The lowest BCUT2D eigenvalue weighted by Gasteiger charge is -2.02. The van der Waals surface area contributed by atoms with Crippen molar-refractivity contribution in [1.82, 2.24) is 9.55 Å². The molecule has 0 aliphatic heterocycles. The predicted molar refractivity (Wildman–Crippen MR) is 63.1 cm³/mol. The Morgan fingerprint density at radius 3 is 3.06 bits per heavy atom. The third kappa shape index (κ3) is 1.51. The molecule has 0 unspecified atom stereocenters. The van der Waals surface area contributed by atoms with Gasteiger partial charge in [-0.3, -0.25) is 0 Å². The molecule has 0 radical (unpaired) electrons. The van der Waals surface area contributed by atoms with Crippen molar-refractivity contribution in [3.8, 4) is 0 Å². The van der Waals surface area contributed by atoms with Gasteiger partial charge in [-0.2, -0.15) is 0 Å². The van der Waals surface area contributed by atoms with Gasteiger partial charge in [-0.1, -0.05) is 6.07 Å². The fraction of sp³-hybridized carbons (Fsp3) is 0.0833. The number of benzene rings is 1. The Morgan fingerprint density at radius 1 is 1.31 bits per heavy atom. The van der Waals surface area contributed by atoms with Crippen molar-refractivity contribution < 1.29 is 4.39 Å². The Morgan fingerprint density at radius 2 is 2.25 bits per heavy atom. The van der Waals surface area contributed by atoms with Gasteiger partial charge in [-0.15, -0.1) is 11.3 Å². The molecule has 4 heteroatoms. The van der Waals surface area contributed by atoms with Crippen LogP contribution >= 0.6 is 11.3 Å². The maximum atomic E-state index is 13.5. The number of fused-ring (bicyclic) bond motifs is 1. The van der Waals surface area contributed by atoms with Gasteiger partial charge in [-0.05, 0) is 18.2 Å². The van der Waals surface area contributed by atoms with Gasteiger partial charge in [0.25, 0.3) is 0 Å². The summed E-state index contributed by atoms with van der Waals surface area (Å²) < 4.78 is 15.5. The zero-order valence-corrected chi connectivity index (χ0v) is 9.25. The standard InChI is InChI=1S/C12H9FN2S/c13-11-2-1-3-12-10(11)4-5-15(12)6-9-7-16-8-14-9/h1-5,7-8H,6H2. The zero-order chi connectivity index (χ0) is 11.0. The Kier molecular flexibility index (Phi) is 2.22. The van der Waals surface area contributed by atoms with E-state index >= 15 is 0 Å². The lowest BCUT2D eigenvalue weighted by molar-refractivity contribution is 0.639. The molecule has 0 amide bonds. The van der Waals surface area contributed by atoms with Crippen molar-refractivity contribution in [2.24, 2.45) is 0 Å². The van der Waals surface area contributed by atoms with Crippen molar-refractivity contribution in [1.29, 1.82) is 0 Å². The Bertz CT molecular complexity index is 613. The summed E-state index contributed by atoms with van der Waals surface area (Å²) in [6.45, 7) is 0.691. The summed E-state index contributed by atoms with van der Waals surface area (Å²) in [5, 5.41) is 2.67. The van der Waals surface area contributed by atoms with Crippen LogP contribution in [0.3, 0.4) is 0 Å². The van der Waals surface area contributed by atoms with Gasteiger partial charge in [0.05, 0.1) is 23.3 Å². The molecule has 0 saturated carbocycles. The van der Waals surface area contributed by atoms with Gasteiger partial charge in [-0.25, -0.2) is 9.37 Å². The summed E-state index contributed by atoms with van der Waals surface area (Å²) in [7, 11) is 0. The van der Waals surface area contributed by atoms with Crippen molar-refractivity contribution in [3.05, 3.63) is 52.9 Å². The third-order valence-electron chi connectivity index (χ3n) is 2.58. The minimum absolute atomic E-state index is 0.172. The molecular weight excluding hydrogens is 223 g/mol. The van der Waals surface area contributed by atoms with E-state index < -0.39 is 0 Å². The smallest absolute Gasteiger partial charge is 0.132 e. The number of hydrogen-bond acceptors (Lipinski definition) is 2. The van der Waals surface area contributed by atoms with E-state index in [1.54, 1.807) is 23.5 Å². The minimum Gasteiger partial charge on any atom is -0.341 e. The maximum absolute atomic E-state index is 13.5. The van der Waals surface area contributed by atoms with Crippen LogP contribution < -0.4 is 0 Å². The third-order valence-corrected chi connectivity index (χ3v) is 3.21. The van der Waals surface area contributed by atoms with Crippen LogP contribution in [-0.2, 0) is 6.54 Å². The van der Waals surface area contributed by atoms with Gasteiger partial charge in [0.15, 0.2) is 0 Å². The molecule has 1 aromatic carbocycles. The number of halogens is 1. The highest BCUT2D eigenvalue weighted by Gasteiger charge is 2.05. The molecule has 0 N–H and O–H groups in total. The van der Waals surface area contributed by atoms with E-state index in [4.69, 9.17) is 0 Å². The van der Waals surface area contributed by atoms with Crippen molar-refractivity contribution in [2.45, 2.75) is 6.54 Å². The van der Waals surface area contributed by atoms with Crippen LogP contribution in [0.1, 0.15) is 5.69 Å². The summed E-state index contributed by atoms with van der Waals surface area (Å²) in [5.41, 5.74) is 3.72. The molecule has 0 aliphatic carbocycles. The molecule has 3 rings (SSSR count). The molecule has 0 bridgehead atoms. The van der Waals surface area contributed by atoms with E-state index in [0.717, 1.165) is 11.2 Å². The van der Waals surface area contributed by atoms with Gasteiger partial charge >= 0.3 is 0 Å². The number of nitrogens with zero attached hydrogens (tertiary/aromatic N) is 2. The average Bonchev–Trinajstić information content (AvgIpc) is 2.90. The molecular formula is C12H9FN2S. The van der Waals surface area contributed by atoms with Gasteiger partial charge < -0.3 is 4.57 Å². The van der Waals surface area contributed by atoms with Crippen molar-refractivity contribution in [2.75, 3.05) is 0 Å². The molecule has 2 heterocycles. The summed E-state index contributed by atoms with van der Waals surface area (Å²) in [6.07, 6.45) is 1.90. The highest BCUT2D eigenvalue weighted by atomic mass is 32.1. The van der Waals surface area contributed by atoms with Crippen molar-refractivity contribution >= 4 is 22.2 Å². The molecule has 0 aliphatic rings. The Hall–Kier alpha value is -1.68. The van der Waals surface area contributed by atoms with E-state index in [-0.39, 0.29) is 5.82 Å². The molecule has 80 valence electrons. The molecule has 16 heavy (non-hydrogen) atoms. The molecule has 0 fully saturated rings. The lowest BCUT2D eigenvalue weighted by Crippen LogP contribution is -1.97. The van der Waals surface area contributed by atoms with Crippen LogP contribution in [0.15, 0.2) is 41.4 Å². The van der Waals surface area contributed by atoms with E-state index in [1.165, 1.54) is 6.07 Å². The Labute approximate surface area is 96.0 Å². The van der Waals surface area contributed by atoms with E-state index in [1.807, 2.05) is 27.7 Å². The normalized spacial score (nSPS) is 11.1. The lowest BCUT2D eigenvalue weighted by atomic mass is 10.2. The second-order valence-corrected chi connectivity index (χ2v) is 4.31. The SMILES string of the molecule is Fc1cccc2c1ccn2Cc1cscn1. The van der Waals surface area contributed by atoms with Crippen LogP contribution in [-0.4, -0.2) is 9.55 Å². The summed E-state index contributed by atoms with van der Waals surface area (Å²) in [4.78, 5) is 4.22.